The van der Waals surface area contributed by atoms with Crippen LogP contribution < -0.4 is 5.32 Å². The number of likely N-dealkylation sites (N-methyl/N-ethyl adjacent to an activating group) is 1. The molecule has 0 rings (SSSR count). The second-order valence-corrected chi connectivity index (χ2v) is 23.6. The van der Waals surface area contributed by atoms with Gasteiger partial charge in [-0.1, -0.05) is 244 Å². The first-order chi connectivity index (χ1) is 39.4. The zero-order valence-corrected chi connectivity index (χ0v) is 53.4. The van der Waals surface area contributed by atoms with Gasteiger partial charge in [0, 0.05) is 12.8 Å². The van der Waals surface area contributed by atoms with Crippen LogP contribution in [0.1, 0.15) is 239 Å². The van der Waals surface area contributed by atoms with Gasteiger partial charge in [-0.15, -0.1) is 0 Å². The average molecular weight is 1140 g/mol. The molecule has 3 atom stereocenters. The maximum absolute atomic E-state index is 13.5. The highest BCUT2D eigenvalue weighted by Gasteiger charge is 2.30. The van der Waals surface area contributed by atoms with Crippen LogP contribution in [0.5, 0.6) is 0 Å². The Morgan fingerprint density at radius 2 is 0.790 bits per heavy atom. The number of amides is 1. The van der Waals surface area contributed by atoms with E-state index in [-0.39, 0.29) is 37.9 Å². The van der Waals surface area contributed by atoms with Crippen LogP contribution in [-0.2, 0) is 27.9 Å². The lowest BCUT2D eigenvalue weighted by molar-refractivity contribution is -0.870. The zero-order chi connectivity index (χ0) is 59.3. The largest absolute Gasteiger partial charge is 0.472 e. The SMILES string of the molecule is CC/C=C\C/C=C\C/C=C\C/C=C\C/C=C\C/C=C\CCCCCCCCC(=O)OC(/C=C\CCCCCCCCCCC)C(COP(=O)(O)OCC[N+](C)(C)C)NC(=O)CCCCC/C=C\C/C=C\C/C=C\C/C=C\C/C=C\CC. The van der Waals surface area contributed by atoms with Gasteiger partial charge in [-0.3, -0.25) is 18.6 Å². The van der Waals surface area contributed by atoms with E-state index in [9.17, 15) is 19.0 Å². The van der Waals surface area contributed by atoms with Crippen molar-refractivity contribution in [2.24, 2.45) is 0 Å². The number of hydrogen-bond donors (Lipinski definition) is 2. The number of unbranched alkanes of at least 4 members (excludes halogenated alkanes) is 18. The van der Waals surface area contributed by atoms with E-state index in [0.29, 0.717) is 23.9 Å². The lowest BCUT2D eigenvalue weighted by Crippen LogP contribution is -2.47. The van der Waals surface area contributed by atoms with Gasteiger partial charge in [0.05, 0.1) is 33.8 Å². The Bertz CT molecular complexity index is 1890. The number of carbonyl (C=O) groups is 2. The number of ether oxygens (including phenoxy) is 1. The van der Waals surface area contributed by atoms with E-state index in [1.165, 1.54) is 44.9 Å². The molecule has 0 aromatic heterocycles. The van der Waals surface area contributed by atoms with Crippen LogP contribution in [0.2, 0.25) is 0 Å². The Morgan fingerprint density at radius 1 is 0.444 bits per heavy atom. The maximum Gasteiger partial charge on any atom is 0.472 e. The number of esters is 1. The number of phosphoric ester groups is 1. The summed E-state index contributed by atoms with van der Waals surface area (Å²) in [6, 6.07) is -0.884. The lowest BCUT2D eigenvalue weighted by Gasteiger charge is -2.27. The smallest absolute Gasteiger partial charge is 0.456 e. The molecule has 0 heterocycles. The van der Waals surface area contributed by atoms with Crippen LogP contribution in [0.4, 0.5) is 0 Å². The summed E-state index contributed by atoms with van der Waals surface area (Å²) in [7, 11) is 1.44. The molecule has 0 spiro atoms. The predicted octanol–water partition coefficient (Wildman–Crippen LogP) is 20.2. The molecule has 0 aromatic carbocycles. The van der Waals surface area contributed by atoms with Gasteiger partial charge in [-0.05, 0) is 128 Å². The molecule has 9 nitrogen and oxygen atoms in total. The van der Waals surface area contributed by atoms with E-state index in [1.807, 2.05) is 33.3 Å². The molecule has 3 unspecified atom stereocenters. The van der Waals surface area contributed by atoms with Gasteiger partial charge < -0.3 is 19.4 Å². The van der Waals surface area contributed by atoms with Gasteiger partial charge in [0.25, 0.3) is 0 Å². The summed E-state index contributed by atoms with van der Waals surface area (Å²) in [5, 5.41) is 3.03. The molecule has 0 bridgehead atoms. The molecular weight excluding hydrogens is 1020 g/mol. The third-order valence-electron chi connectivity index (χ3n) is 13.3. The summed E-state index contributed by atoms with van der Waals surface area (Å²) in [4.78, 5) is 37.7. The minimum atomic E-state index is -4.47. The Balaban J connectivity index is 5.26. The fraction of sp³-hybridized carbons (Fsp3) is 0.634. The molecule has 460 valence electrons. The molecule has 81 heavy (non-hydrogen) atoms. The van der Waals surface area contributed by atoms with Gasteiger partial charge in [-0.25, -0.2) is 4.57 Å². The van der Waals surface area contributed by atoms with E-state index >= 15 is 0 Å². The molecule has 1 amide bonds. The molecule has 10 heteroatoms. The van der Waals surface area contributed by atoms with Gasteiger partial charge >= 0.3 is 13.8 Å². The summed E-state index contributed by atoms with van der Waals surface area (Å²) in [6.45, 7) is 6.72. The van der Waals surface area contributed by atoms with Crippen molar-refractivity contribution >= 4 is 19.7 Å². The van der Waals surface area contributed by atoms with Crippen molar-refractivity contribution in [2.75, 3.05) is 40.9 Å². The van der Waals surface area contributed by atoms with Crippen molar-refractivity contribution in [1.29, 1.82) is 0 Å². The number of phosphoric acid groups is 1. The second kappa shape index (κ2) is 59.1. The lowest BCUT2D eigenvalue weighted by atomic mass is 10.1. The topological polar surface area (TPSA) is 111 Å². The van der Waals surface area contributed by atoms with Crippen molar-refractivity contribution in [3.05, 3.63) is 146 Å². The minimum Gasteiger partial charge on any atom is -0.456 e. The minimum absolute atomic E-state index is 0.0223. The zero-order valence-electron chi connectivity index (χ0n) is 52.5. The van der Waals surface area contributed by atoms with Crippen molar-refractivity contribution < 1.29 is 37.3 Å². The van der Waals surface area contributed by atoms with Gasteiger partial charge in [0.15, 0.2) is 0 Å². The fourth-order valence-electron chi connectivity index (χ4n) is 8.38. The van der Waals surface area contributed by atoms with Gasteiger partial charge in [-0.2, -0.15) is 0 Å². The molecule has 0 fully saturated rings. The summed E-state index contributed by atoms with van der Waals surface area (Å²) >= 11 is 0. The van der Waals surface area contributed by atoms with Crippen LogP contribution in [0.25, 0.3) is 0 Å². The normalized spacial score (nSPS) is 14.6. The molecule has 0 aliphatic rings. The third kappa shape index (κ3) is 60.3. The van der Waals surface area contributed by atoms with Crippen LogP contribution in [-0.4, -0.2) is 74.3 Å². The number of nitrogens with zero attached hydrogens (tertiary/aromatic N) is 1. The molecular formula is C71H120N2O7P+. The summed E-state index contributed by atoms with van der Waals surface area (Å²) < 4.78 is 30.7. The first kappa shape index (κ1) is 76.9. The van der Waals surface area contributed by atoms with Crippen LogP contribution in [0, 0.1) is 0 Å². The van der Waals surface area contributed by atoms with Gasteiger partial charge in [0.2, 0.25) is 5.91 Å². The average Bonchev–Trinajstić information content (AvgIpc) is 3.43. The number of nitrogens with one attached hydrogen (secondary N) is 1. The van der Waals surface area contributed by atoms with E-state index in [2.05, 4.69) is 160 Å². The van der Waals surface area contributed by atoms with Crippen molar-refractivity contribution in [2.45, 2.75) is 251 Å². The molecule has 0 aliphatic heterocycles. The molecule has 0 saturated carbocycles. The Hall–Kier alpha value is -4.11. The number of carbonyl (C=O) groups excluding carboxylic acids is 2. The van der Waals surface area contributed by atoms with Crippen molar-refractivity contribution in [3.63, 3.8) is 0 Å². The van der Waals surface area contributed by atoms with Crippen molar-refractivity contribution in [3.8, 4) is 0 Å². The summed E-state index contributed by atoms with van der Waals surface area (Å²) in [5.74, 6) is -0.572. The maximum atomic E-state index is 13.5. The molecule has 0 aliphatic carbocycles. The standard InChI is InChI=1S/C71H119N2O7P/c1-7-10-13-16-19-22-25-27-29-31-33-34-35-36-37-38-40-42-44-46-49-52-55-58-61-64-71(75)80-69(62-59-56-53-50-47-24-21-18-15-12-9-3)68(67-79-81(76,77)78-66-65-73(4,5)6)72-70(74)63-60-57-54-51-48-45-43-41-39-32-30-28-26-23-20-17-14-11-8-2/h10-11,13-14,19-20,22-23,27-30,33-34,36-37,39-42,45,48,59,62,68-69H,7-9,12,15-18,21,24-26,31-32,35,38,43-44,46-47,49-58,60-61,63-67H2,1-6H3,(H-,72,74,76,77)/p+1/b13-10-,14-11-,22-19-,23-20-,29-27-,30-28-,34-33-,37-36-,41-39-,42-40-,48-45-,62-59-. The molecule has 0 saturated heterocycles. The van der Waals surface area contributed by atoms with E-state index in [0.717, 1.165) is 148 Å². The van der Waals surface area contributed by atoms with E-state index in [4.69, 9.17) is 13.8 Å². The highest BCUT2D eigenvalue weighted by Crippen LogP contribution is 2.43. The first-order valence-electron chi connectivity index (χ1n) is 32.2. The summed E-state index contributed by atoms with van der Waals surface area (Å²) in [6.07, 6.45) is 85.7. The predicted molar refractivity (Wildman–Crippen MR) is 350 cm³/mol. The highest BCUT2D eigenvalue weighted by molar-refractivity contribution is 7.47. The monoisotopic (exact) mass is 1140 g/mol. The van der Waals surface area contributed by atoms with E-state index < -0.39 is 20.0 Å². The molecule has 2 N–H and O–H groups in total. The molecule has 0 radical (unpaired) electrons. The van der Waals surface area contributed by atoms with Crippen molar-refractivity contribution in [1.82, 2.24) is 5.32 Å². The van der Waals surface area contributed by atoms with Gasteiger partial charge in [0.1, 0.15) is 19.3 Å². The third-order valence-corrected chi connectivity index (χ3v) is 14.3. The van der Waals surface area contributed by atoms with Crippen LogP contribution in [0.3, 0.4) is 0 Å². The summed E-state index contributed by atoms with van der Waals surface area (Å²) in [5.41, 5.74) is 0. The first-order valence-corrected chi connectivity index (χ1v) is 33.7. The fourth-order valence-corrected chi connectivity index (χ4v) is 9.12. The van der Waals surface area contributed by atoms with Crippen LogP contribution >= 0.6 is 7.82 Å². The number of rotatable bonds is 56. The van der Waals surface area contributed by atoms with Crippen LogP contribution in [0.15, 0.2) is 146 Å². The molecule has 0 aromatic rings. The second-order valence-electron chi connectivity index (χ2n) is 22.2. The number of quaternary nitrogens is 1. The number of hydrogen-bond acceptors (Lipinski definition) is 6. The Labute approximate surface area is 498 Å². The Kier molecular flexibility index (Phi) is 56.1. The quantitative estimate of drug-likeness (QED) is 0.0205. The highest BCUT2D eigenvalue weighted by atomic mass is 31.2. The Morgan fingerprint density at radius 3 is 1.20 bits per heavy atom. The number of allylic oxidation sites excluding steroid dienone is 23. The van der Waals surface area contributed by atoms with E-state index in [1.54, 1.807) is 0 Å².